The molecule has 0 bridgehead atoms. The predicted octanol–water partition coefficient (Wildman–Crippen LogP) is 1.13. The zero-order valence-corrected chi connectivity index (χ0v) is 9.33. The van der Waals surface area contributed by atoms with Crippen LogP contribution in [0.1, 0.15) is 45.4 Å². The van der Waals surface area contributed by atoms with E-state index < -0.39 is 12.0 Å². The second kappa shape index (κ2) is 5.47. The minimum absolute atomic E-state index is 0.0422. The van der Waals surface area contributed by atoms with Crippen molar-refractivity contribution in [2.45, 2.75) is 57.0 Å². The number of carbonyl (C=O) groups is 1. The van der Waals surface area contributed by atoms with Gasteiger partial charge in [-0.3, -0.25) is 10.1 Å². The molecule has 0 saturated heterocycles. The molecular weight excluding hydrogens is 194 g/mol. The molecule has 88 valence electrons. The molecule has 4 nitrogen and oxygen atoms in total. The molecular formula is C11H21NO3. The summed E-state index contributed by atoms with van der Waals surface area (Å²) in [6.07, 6.45) is 5.38. The molecule has 1 aliphatic carbocycles. The van der Waals surface area contributed by atoms with E-state index in [9.17, 15) is 9.90 Å². The molecule has 4 heteroatoms. The van der Waals surface area contributed by atoms with Gasteiger partial charge in [-0.25, -0.2) is 0 Å². The second-order valence-corrected chi connectivity index (χ2v) is 4.47. The van der Waals surface area contributed by atoms with Crippen LogP contribution in [0.5, 0.6) is 0 Å². The summed E-state index contributed by atoms with van der Waals surface area (Å²) in [5.74, 6) is -0.809. The number of aliphatic hydroxyl groups excluding tert-OH is 1. The molecule has 0 amide bonds. The minimum atomic E-state index is -0.809. The Labute approximate surface area is 90.7 Å². The Hall–Kier alpha value is -0.610. The quantitative estimate of drug-likeness (QED) is 0.621. The molecule has 1 fully saturated rings. The molecule has 0 aromatic carbocycles. The van der Waals surface area contributed by atoms with E-state index in [0.717, 1.165) is 32.1 Å². The van der Waals surface area contributed by atoms with Gasteiger partial charge in [-0.05, 0) is 19.3 Å². The molecule has 1 saturated carbocycles. The first-order chi connectivity index (χ1) is 7.13. The van der Waals surface area contributed by atoms with E-state index in [0.29, 0.717) is 6.42 Å². The maximum absolute atomic E-state index is 11.0. The Morgan fingerprint density at radius 1 is 1.47 bits per heavy atom. The number of rotatable bonds is 6. The highest BCUT2D eigenvalue weighted by molar-refractivity contribution is 5.73. The van der Waals surface area contributed by atoms with Crippen LogP contribution < -0.4 is 5.32 Å². The Kier molecular flexibility index (Phi) is 4.54. The smallest absolute Gasteiger partial charge is 0.320 e. The van der Waals surface area contributed by atoms with Crippen LogP contribution in [0.3, 0.4) is 0 Å². The van der Waals surface area contributed by atoms with Crippen LogP contribution >= 0.6 is 0 Å². The molecule has 0 aromatic heterocycles. The van der Waals surface area contributed by atoms with Gasteiger partial charge in [-0.2, -0.15) is 0 Å². The third-order valence-corrected chi connectivity index (χ3v) is 3.22. The normalized spacial score (nSPS) is 21.5. The average Bonchev–Trinajstić information content (AvgIpc) is 2.66. The minimum Gasteiger partial charge on any atom is -0.480 e. The zero-order chi connectivity index (χ0) is 11.3. The van der Waals surface area contributed by atoms with E-state index in [1.165, 1.54) is 0 Å². The summed E-state index contributed by atoms with van der Waals surface area (Å²) < 4.78 is 0. The van der Waals surface area contributed by atoms with Crippen molar-refractivity contribution >= 4 is 5.97 Å². The van der Waals surface area contributed by atoms with E-state index in [4.69, 9.17) is 5.11 Å². The highest BCUT2D eigenvalue weighted by atomic mass is 16.4. The fraction of sp³-hybridized carbons (Fsp3) is 0.909. The van der Waals surface area contributed by atoms with Crippen molar-refractivity contribution in [1.29, 1.82) is 0 Å². The third-order valence-electron chi connectivity index (χ3n) is 3.22. The lowest BCUT2D eigenvalue weighted by Crippen LogP contribution is -2.53. The van der Waals surface area contributed by atoms with Gasteiger partial charge in [-0.1, -0.05) is 26.2 Å². The number of aliphatic hydroxyl groups is 1. The first-order valence-corrected chi connectivity index (χ1v) is 5.75. The van der Waals surface area contributed by atoms with Gasteiger partial charge in [0, 0.05) is 5.54 Å². The number of carboxylic acid groups (broad SMARTS) is 1. The van der Waals surface area contributed by atoms with Gasteiger partial charge in [-0.15, -0.1) is 0 Å². The maximum Gasteiger partial charge on any atom is 0.320 e. The lowest BCUT2D eigenvalue weighted by molar-refractivity contribution is -0.140. The van der Waals surface area contributed by atoms with Crippen molar-refractivity contribution in [3.8, 4) is 0 Å². The molecule has 0 spiro atoms. The average molecular weight is 215 g/mol. The van der Waals surface area contributed by atoms with Gasteiger partial charge >= 0.3 is 5.97 Å². The number of aliphatic carboxylic acids is 1. The van der Waals surface area contributed by atoms with E-state index in [1.807, 2.05) is 6.92 Å². The molecule has 0 aromatic rings. The predicted molar refractivity (Wildman–Crippen MR) is 57.8 cm³/mol. The summed E-state index contributed by atoms with van der Waals surface area (Å²) in [4.78, 5) is 11.0. The molecule has 0 heterocycles. The van der Waals surface area contributed by atoms with Crippen LogP contribution in [0.15, 0.2) is 0 Å². The molecule has 1 rings (SSSR count). The Morgan fingerprint density at radius 2 is 2.07 bits per heavy atom. The van der Waals surface area contributed by atoms with Crippen molar-refractivity contribution < 1.29 is 15.0 Å². The zero-order valence-electron chi connectivity index (χ0n) is 9.33. The monoisotopic (exact) mass is 215 g/mol. The van der Waals surface area contributed by atoms with Crippen LogP contribution in [0.4, 0.5) is 0 Å². The highest BCUT2D eigenvalue weighted by Crippen LogP contribution is 2.29. The van der Waals surface area contributed by atoms with E-state index in [-0.39, 0.29) is 12.1 Å². The summed E-state index contributed by atoms with van der Waals surface area (Å²) in [5, 5.41) is 21.5. The highest BCUT2D eigenvalue weighted by Gasteiger charge is 2.36. The summed E-state index contributed by atoms with van der Waals surface area (Å²) in [5.41, 5.74) is -0.335. The van der Waals surface area contributed by atoms with Gasteiger partial charge in [0.15, 0.2) is 0 Å². The van der Waals surface area contributed by atoms with Crippen LogP contribution in [0, 0.1) is 0 Å². The third kappa shape index (κ3) is 3.18. The topological polar surface area (TPSA) is 69.6 Å². The first-order valence-electron chi connectivity index (χ1n) is 5.75. The van der Waals surface area contributed by atoms with Crippen LogP contribution in [-0.4, -0.2) is 34.4 Å². The van der Waals surface area contributed by atoms with E-state index in [1.54, 1.807) is 0 Å². The molecule has 0 radical (unpaired) electrons. The van der Waals surface area contributed by atoms with Crippen LogP contribution in [-0.2, 0) is 4.79 Å². The van der Waals surface area contributed by atoms with Gasteiger partial charge in [0.1, 0.15) is 6.04 Å². The lowest BCUT2D eigenvalue weighted by Gasteiger charge is -2.31. The van der Waals surface area contributed by atoms with Crippen LogP contribution in [0.25, 0.3) is 0 Å². The standard InChI is InChI=1S/C11H21NO3/c1-2-5-9(10(14)15)12-11(8-13)6-3-4-7-11/h9,12-13H,2-8H2,1H3,(H,14,15). The van der Waals surface area contributed by atoms with Crippen molar-refractivity contribution in [2.75, 3.05) is 6.61 Å². The fourth-order valence-electron chi connectivity index (χ4n) is 2.32. The van der Waals surface area contributed by atoms with Crippen molar-refractivity contribution in [2.24, 2.45) is 0 Å². The van der Waals surface area contributed by atoms with Gasteiger partial charge in [0.2, 0.25) is 0 Å². The van der Waals surface area contributed by atoms with Gasteiger partial charge < -0.3 is 10.2 Å². The summed E-state index contributed by atoms with van der Waals surface area (Å²) in [6.45, 7) is 2.01. The number of hydrogen-bond donors (Lipinski definition) is 3. The van der Waals surface area contributed by atoms with Crippen LogP contribution in [0.2, 0.25) is 0 Å². The number of hydrogen-bond acceptors (Lipinski definition) is 3. The molecule has 15 heavy (non-hydrogen) atoms. The molecule has 1 unspecified atom stereocenters. The molecule has 0 aliphatic heterocycles. The van der Waals surface area contributed by atoms with Crippen molar-refractivity contribution in [3.63, 3.8) is 0 Å². The largest absolute Gasteiger partial charge is 0.480 e. The summed E-state index contributed by atoms with van der Waals surface area (Å²) in [6, 6.07) is -0.514. The second-order valence-electron chi connectivity index (χ2n) is 4.47. The first kappa shape index (κ1) is 12.5. The van der Waals surface area contributed by atoms with E-state index in [2.05, 4.69) is 5.32 Å². The Morgan fingerprint density at radius 3 is 2.47 bits per heavy atom. The molecule has 3 N–H and O–H groups in total. The van der Waals surface area contributed by atoms with Gasteiger partial charge in [0.25, 0.3) is 0 Å². The fourth-order valence-corrected chi connectivity index (χ4v) is 2.32. The van der Waals surface area contributed by atoms with Crippen molar-refractivity contribution in [1.82, 2.24) is 5.32 Å². The number of nitrogens with one attached hydrogen (secondary N) is 1. The Balaban J connectivity index is 2.58. The van der Waals surface area contributed by atoms with E-state index >= 15 is 0 Å². The van der Waals surface area contributed by atoms with Crippen molar-refractivity contribution in [3.05, 3.63) is 0 Å². The maximum atomic E-state index is 11.0. The van der Waals surface area contributed by atoms with Gasteiger partial charge in [0.05, 0.1) is 6.61 Å². The Bertz CT molecular complexity index is 212. The number of carboxylic acids is 1. The molecule has 1 aliphatic rings. The summed E-state index contributed by atoms with van der Waals surface area (Å²) >= 11 is 0. The molecule has 1 atom stereocenters. The lowest BCUT2D eigenvalue weighted by atomic mass is 9.96. The SMILES string of the molecule is CCCC(NC1(CO)CCCC1)C(=O)O. The summed E-state index contributed by atoms with van der Waals surface area (Å²) in [7, 11) is 0.